The molecule has 2 bridgehead atoms. The number of nitrogens with one attached hydrogen (secondary N) is 1. The zero-order chi connectivity index (χ0) is 19.8. The SMILES string of the molecule is O=C(NC1CCCCCC1)c1nnsc1N1C[C@H]2C[C@H](C1)c1cccc(=O)n1C2. The number of hydrogen-bond donors (Lipinski definition) is 1. The van der Waals surface area contributed by atoms with Crippen LogP contribution in [-0.2, 0) is 6.54 Å². The van der Waals surface area contributed by atoms with Crippen LogP contribution in [0.5, 0.6) is 0 Å². The lowest BCUT2D eigenvalue weighted by atomic mass is 9.83. The topological polar surface area (TPSA) is 80.1 Å². The van der Waals surface area contributed by atoms with Crippen molar-refractivity contribution in [2.75, 3.05) is 18.0 Å². The zero-order valence-corrected chi connectivity index (χ0v) is 17.4. The molecule has 7 nitrogen and oxygen atoms in total. The Kier molecular flexibility index (Phi) is 5.11. The molecule has 2 aromatic heterocycles. The highest BCUT2D eigenvalue weighted by Gasteiger charge is 2.36. The van der Waals surface area contributed by atoms with Crippen LogP contribution in [0.15, 0.2) is 23.0 Å². The lowest BCUT2D eigenvalue weighted by Gasteiger charge is -2.43. The van der Waals surface area contributed by atoms with E-state index in [1.54, 1.807) is 6.07 Å². The Morgan fingerprint density at radius 2 is 1.93 bits per heavy atom. The van der Waals surface area contributed by atoms with E-state index in [2.05, 4.69) is 25.9 Å². The predicted molar refractivity (Wildman–Crippen MR) is 113 cm³/mol. The second-order valence-corrected chi connectivity index (χ2v) is 9.42. The normalized spacial score (nSPS) is 24.6. The summed E-state index contributed by atoms with van der Waals surface area (Å²) >= 11 is 1.31. The van der Waals surface area contributed by atoms with Gasteiger partial charge in [0.25, 0.3) is 11.5 Å². The van der Waals surface area contributed by atoms with Gasteiger partial charge >= 0.3 is 0 Å². The molecule has 29 heavy (non-hydrogen) atoms. The molecule has 8 heteroatoms. The zero-order valence-electron chi connectivity index (χ0n) is 16.5. The summed E-state index contributed by atoms with van der Waals surface area (Å²) in [6.45, 7) is 2.39. The quantitative estimate of drug-likeness (QED) is 0.783. The van der Waals surface area contributed by atoms with Gasteiger partial charge in [-0.2, -0.15) is 0 Å². The van der Waals surface area contributed by atoms with Crippen molar-refractivity contribution in [3.63, 3.8) is 0 Å². The molecular weight excluding hydrogens is 386 g/mol. The number of nitrogens with zero attached hydrogens (tertiary/aromatic N) is 4. The third-order valence-electron chi connectivity index (χ3n) is 6.64. The minimum atomic E-state index is -0.0898. The summed E-state index contributed by atoms with van der Waals surface area (Å²) in [6, 6.07) is 5.81. The highest BCUT2D eigenvalue weighted by Crippen LogP contribution is 2.38. The second-order valence-electron chi connectivity index (χ2n) is 8.69. The first-order valence-corrected chi connectivity index (χ1v) is 11.5. The van der Waals surface area contributed by atoms with E-state index in [-0.39, 0.29) is 17.5 Å². The molecule has 154 valence electrons. The lowest BCUT2D eigenvalue weighted by molar-refractivity contribution is 0.0928. The first-order chi connectivity index (χ1) is 14.2. The maximum absolute atomic E-state index is 13.0. The molecule has 2 atom stereocenters. The van der Waals surface area contributed by atoms with Gasteiger partial charge in [-0.25, -0.2) is 0 Å². The Morgan fingerprint density at radius 3 is 2.76 bits per heavy atom. The maximum Gasteiger partial charge on any atom is 0.275 e. The summed E-state index contributed by atoms with van der Waals surface area (Å²) in [4.78, 5) is 27.5. The Balaban J connectivity index is 1.35. The van der Waals surface area contributed by atoms with Crippen LogP contribution in [0, 0.1) is 5.92 Å². The van der Waals surface area contributed by atoms with Crippen molar-refractivity contribution >= 4 is 22.4 Å². The molecule has 0 radical (unpaired) electrons. The molecule has 1 saturated carbocycles. The number of carbonyl (C=O) groups excluding carboxylic acids is 1. The first kappa shape index (κ1) is 18.8. The lowest BCUT2D eigenvalue weighted by Crippen LogP contribution is -2.47. The first-order valence-electron chi connectivity index (χ1n) is 10.8. The van der Waals surface area contributed by atoms with Gasteiger partial charge in [0.1, 0.15) is 5.00 Å². The Morgan fingerprint density at radius 1 is 1.10 bits per heavy atom. The smallest absolute Gasteiger partial charge is 0.275 e. The number of anilines is 1. The van der Waals surface area contributed by atoms with Crippen molar-refractivity contribution in [3.05, 3.63) is 39.9 Å². The van der Waals surface area contributed by atoms with Gasteiger partial charge in [-0.1, -0.05) is 36.2 Å². The number of piperidine rings is 1. The molecule has 2 fully saturated rings. The maximum atomic E-state index is 13.0. The molecule has 0 aromatic carbocycles. The van der Waals surface area contributed by atoms with Crippen molar-refractivity contribution in [3.8, 4) is 0 Å². The average molecular weight is 414 g/mol. The van der Waals surface area contributed by atoms with Crippen molar-refractivity contribution < 1.29 is 4.79 Å². The van der Waals surface area contributed by atoms with Crippen LogP contribution in [0.1, 0.15) is 67.0 Å². The molecule has 2 aliphatic heterocycles. The standard InChI is InChI=1S/C21H27N5O2S/c27-18-9-5-8-17-15-10-14(12-26(17)18)11-25(13-15)21-19(23-24-29-21)20(28)22-16-6-3-1-2-4-7-16/h5,8-9,14-16H,1-4,6-7,10-13H2,(H,22,28)/t14-,15-/m1/s1. The van der Waals surface area contributed by atoms with Crippen LogP contribution in [-0.4, -0.2) is 39.2 Å². The number of aromatic nitrogens is 3. The Bertz CT molecular complexity index is 947. The van der Waals surface area contributed by atoms with E-state index in [1.807, 2.05) is 10.6 Å². The molecule has 2 aromatic rings. The minimum Gasteiger partial charge on any atom is -0.359 e. The summed E-state index contributed by atoms with van der Waals surface area (Å²) in [6.07, 6.45) is 8.09. The van der Waals surface area contributed by atoms with Crippen LogP contribution < -0.4 is 15.8 Å². The number of rotatable bonds is 3. The van der Waals surface area contributed by atoms with E-state index in [0.29, 0.717) is 17.5 Å². The van der Waals surface area contributed by atoms with Crippen LogP contribution in [0.2, 0.25) is 0 Å². The number of hydrogen-bond acceptors (Lipinski definition) is 6. The second kappa shape index (κ2) is 7.89. The van der Waals surface area contributed by atoms with Gasteiger partial charge in [0.05, 0.1) is 0 Å². The van der Waals surface area contributed by atoms with Crippen molar-refractivity contribution in [2.45, 2.75) is 63.5 Å². The van der Waals surface area contributed by atoms with Gasteiger partial charge in [0, 0.05) is 54.9 Å². The number of fused-ring (bicyclic) bond motifs is 4. The summed E-state index contributed by atoms with van der Waals surface area (Å²) in [7, 11) is 0. The molecule has 0 spiro atoms. The number of carbonyl (C=O) groups is 1. The van der Waals surface area contributed by atoms with E-state index >= 15 is 0 Å². The van der Waals surface area contributed by atoms with Gasteiger partial charge in [-0.05, 0) is 31.2 Å². The third kappa shape index (κ3) is 3.70. The van der Waals surface area contributed by atoms with Gasteiger partial charge in [-0.3, -0.25) is 9.59 Å². The van der Waals surface area contributed by atoms with Crippen molar-refractivity contribution in [2.24, 2.45) is 5.92 Å². The third-order valence-corrected chi connectivity index (χ3v) is 7.43. The fourth-order valence-electron chi connectivity index (χ4n) is 5.28. The van der Waals surface area contributed by atoms with E-state index in [9.17, 15) is 9.59 Å². The predicted octanol–water partition coefficient (Wildman–Crippen LogP) is 2.78. The van der Waals surface area contributed by atoms with Crippen LogP contribution >= 0.6 is 11.5 Å². The molecule has 1 aliphatic carbocycles. The van der Waals surface area contributed by atoms with Crippen LogP contribution in [0.25, 0.3) is 0 Å². The van der Waals surface area contributed by atoms with E-state index in [1.165, 1.54) is 37.2 Å². The summed E-state index contributed by atoms with van der Waals surface area (Å²) < 4.78 is 6.05. The molecule has 3 aliphatic rings. The van der Waals surface area contributed by atoms with Crippen LogP contribution in [0.4, 0.5) is 5.00 Å². The fraction of sp³-hybridized carbons (Fsp3) is 0.619. The van der Waals surface area contributed by atoms with E-state index in [0.717, 1.165) is 49.6 Å². The molecule has 4 heterocycles. The van der Waals surface area contributed by atoms with E-state index < -0.39 is 0 Å². The highest BCUT2D eigenvalue weighted by molar-refractivity contribution is 7.10. The van der Waals surface area contributed by atoms with Crippen molar-refractivity contribution in [1.29, 1.82) is 0 Å². The van der Waals surface area contributed by atoms with Gasteiger partial charge in [0.15, 0.2) is 5.69 Å². The summed E-state index contributed by atoms with van der Waals surface area (Å²) in [5.74, 6) is 0.616. The minimum absolute atomic E-state index is 0.0898. The molecule has 5 rings (SSSR count). The van der Waals surface area contributed by atoms with Crippen LogP contribution in [0.3, 0.4) is 0 Å². The summed E-state index contributed by atoms with van der Waals surface area (Å²) in [5, 5.41) is 8.27. The highest BCUT2D eigenvalue weighted by atomic mass is 32.1. The molecule has 1 N–H and O–H groups in total. The fourth-order valence-corrected chi connectivity index (χ4v) is 5.96. The average Bonchev–Trinajstić information content (AvgIpc) is 3.08. The largest absolute Gasteiger partial charge is 0.359 e. The molecule has 0 unspecified atom stereocenters. The summed E-state index contributed by atoms with van der Waals surface area (Å²) in [5.41, 5.74) is 1.67. The molecule has 1 amide bonds. The number of amides is 1. The van der Waals surface area contributed by atoms with Gasteiger partial charge in [0.2, 0.25) is 0 Å². The number of pyridine rings is 1. The monoisotopic (exact) mass is 413 g/mol. The molecular formula is C21H27N5O2S. The Labute approximate surface area is 174 Å². The van der Waals surface area contributed by atoms with Gasteiger partial charge < -0.3 is 14.8 Å². The molecule has 1 saturated heterocycles. The Hall–Kier alpha value is -2.22. The van der Waals surface area contributed by atoms with Crippen molar-refractivity contribution in [1.82, 2.24) is 19.5 Å². The van der Waals surface area contributed by atoms with Gasteiger partial charge in [-0.15, -0.1) is 5.10 Å². The van der Waals surface area contributed by atoms with E-state index in [4.69, 9.17) is 0 Å².